The number of carboxylic acids is 1. The number of benzene rings is 4. The number of amides is 1. The molecule has 1 saturated carbocycles. The molecular formula is C33H23F5N2O3. The van der Waals surface area contributed by atoms with Crippen molar-refractivity contribution >= 4 is 22.8 Å². The molecule has 1 aliphatic rings. The van der Waals surface area contributed by atoms with Crippen LogP contribution in [0.25, 0.3) is 22.0 Å². The van der Waals surface area contributed by atoms with E-state index >= 15 is 0 Å². The van der Waals surface area contributed by atoms with Crippen LogP contribution in [0.2, 0.25) is 0 Å². The molecule has 5 nitrogen and oxygen atoms in total. The molecule has 0 aliphatic heterocycles. The van der Waals surface area contributed by atoms with E-state index in [-0.39, 0.29) is 17.7 Å². The molecule has 0 spiro atoms. The van der Waals surface area contributed by atoms with Gasteiger partial charge in [-0.25, -0.2) is 13.6 Å². The van der Waals surface area contributed by atoms with Gasteiger partial charge in [0.25, 0.3) is 5.91 Å². The summed E-state index contributed by atoms with van der Waals surface area (Å²) in [5.74, 6) is -3.55. The van der Waals surface area contributed by atoms with Crippen molar-refractivity contribution in [1.82, 2.24) is 9.88 Å². The summed E-state index contributed by atoms with van der Waals surface area (Å²) in [5.41, 5.74) is 1.56. The molecular weight excluding hydrogens is 567 g/mol. The van der Waals surface area contributed by atoms with Gasteiger partial charge in [0.05, 0.1) is 27.7 Å². The van der Waals surface area contributed by atoms with Crippen LogP contribution in [0.15, 0.2) is 91.1 Å². The highest BCUT2D eigenvalue weighted by atomic mass is 19.4. The number of carbonyl (C=O) groups is 2. The first-order chi connectivity index (χ1) is 20.4. The van der Waals surface area contributed by atoms with Crippen molar-refractivity contribution in [3.05, 3.63) is 131 Å². The molecule has 1 aromatic heterocycles. The van der Waals surface area contributed by atoms with Gasteiger partial charge in [-0.3, -0.25) is 4.79 Å². The van der Waals surface area contributed by atoms with Crippen LogP contribution in [0.3, 0.4) is 0 Å². The molecule has 5 aromatic rings. The molecule has 1 aliphatic carbocycles. The molecule has 4 aromatic carbocycles. The predicted octanol–water partition coefficient (Wildman–Crippen LogP) is 7.77. The highest BCUT2D eigenvalue weighted by Crippen LogP contribution is 2.46. The van der Waals surface area contributed by atoms with E-state index in [9.17, 15) is 36.6 Å². The summed E-state index contributed by atoms with van der Waals surface area (Å²) >= 11 is 0. The Hall–Kier alpha value is -4.99. The van der Waals surface area contributed by atoms with Crippen molar-refractivity contribution in [2.75, 3.05) is 0 Å². The van der Waals surface area contributed by atoms with Gasteiger partial charge in [-0.2, -0.15) is 13.2 Å². The lowest BCUT2D eigenvalue weighted by Gasteiger charge is -2.20. The van der Waals surface area contributed by atoms with E-state index in [0.29, 0.717) is 40.4 Å². The number of aromatic carboxylic acids is 1. The number of fused-ring (bicyclic) bond motifs is 1. The van der Waals surface area contributed by atoms with Gasteiger partial charge in [-0.15, -0.1) is 0 Å². The summed E-state index contributed by atoms with van der Waals surface area (Å²) in [6.07, 6.45) is -1.49. The first-order valence-electron chi connectivity index (χ1n) is 13.3. The van der Waals surface area contributed by atoms with Crippen LogP contribution in [-0.4, -0.2) is 21.6 Å². The molecule has 0 bridgehead atoms. The number of aromatic nitrogens is 1. The third kappa shape index (κ3) is 5.48. The molecule has 218 valence electrons. The average molecular weight is 591 g/mol. The first-order valence-corrected chi connectivity index (χ1v) is 13.3. The van der Waals surface area contributed by atoms with Gasteiger partial charge in [0.15, 0.2) is 11.6 Å². The minimum Gasteiger partial charge on any atom is -0.478 e. The zero-order chi connectivity index (χ0) is 30.5. The van der Waals surface area contributed by atoms with E-state index in [2.05, 4.69) is 5.32 Å². The molecule has 0 saturated heterocycles. The molecule has 0 atom stereocenters. The van der Waals surface area contributed by atoms with Crippen LogP contribution in [0.1, 0.15) is 50.2 Å². The molecule has 1 heterocycles. The van der Waals surface area contributed by atoms with Gasteiger partial charge in [0, 0.05) is 18.1 Å². The highest BCUT2D eigenvalue weighted by Gasteiger charge is 2.46. The van der Waals surface area contributed by atoms with Crippen molar-refractivity contribution < 1.29 is 36.6 Å². The molecule has 43 heavy (non-hydrogen) atoms. The SMILES string of the molecule is O=C(O)c1ccc(C2(NC(=O)c3cc(-c4ccc(F)c(F)c4)cc4ccn(Cc5ccc(C(F)(F)F)cc5)c34)CC2)cc1. The standard InChI is InChI=1S/C33H23F5N2O3/c34-27-10-5-21(17-28(27)35)23-15-22-11-14-40(18-19-1-6-25(7-2-19)33(36,37)38)29(22)26(16-23)30(41)39-32(12-13-32)24-8-3-20(4-9-24)31(42)43/h1-11,14-17H,12-13,18H2,(H,39,41)(H,42,43). The van der Waals surface area contributed by atoms with E-state index in [1.807, 2.05) is 0 Å². The maximum Gasteiger partial charge on any atom is 0.416 e. The monoisotopic (exact) mass is 590 g/mol. The lowest BCUT2D eigenvalue weighted by Crippen LogP contribution is -2.35. The van der Waals surface area contributed by atoms with E-state index in [1.54, 1.807) is 41.1 Å². The van der Waals surface area contributed by atoms with Gasteiger partial charge < -0.3 is 15.0 Å². The number of nitrogens with zero attached hydrogens (tertiary/aromatic N) is 1. The van der Waals surface area contributed by atoms with E-state index in [1.165, 1.54) is 30.3 Å². The van der Waals surface area contributed by atoms with Gasteiger partial charge in [0.1, 0.15) is 0 Å². The Balaban J connectivity index is 1.40. The Morgan fingerprint density at radius 3 is 2.14 bits per heavy atom. The largest absolute Gasteiger partial charge is 0.478 e. The molecule has 0 radical (unpaired) electrons. The van der Waals surface area contributed by atoms with Crippen molar-refractivity contribution in [1.29, 1.82) is 0 Å². The predicted molar refractivity (Wildman–Crippen MR) is 150 cm³/mol. The van der Waals surface area contributed by atoms with Crippen molar-refractivity contribution in [2.45, 2.75) is 31.1 Å². The number of carboxylic acid groups (broad SMARTS) is 1. The second-order valence-electron chi connectivity index (χ2n) is 10.6. The number of hydrogen-bond donors (Lipinski definition) is 2. The normalized spacial score (nSPS) is 14.1. The van der Waals surface area contributed by atoms with Crippen LogP contribution in [0.4, 0.5) is 22.0 Å². The average Bonchev–Trinajstić information content (AvgIpc) is 3.65. The Morgan fingerprint density at radius 1 is 0.837 bits per heavy atom. The zero-order valence-corrected chi connectivity index (χ0v) is 22.4. The quantitative estimate of drug-likeness (QED) is 0.190. The Labute approximate surface area is 242 Å². The van der Waals surface area contributed by atoms with E-state index < -0.39 is 40.8 Å². The summed E-state index contributed by atoms with van der Waals surface area (Å²) in [7, 11) is 0. The van der Waals surface area contributed by atoms with Crippen LogP contribution in [0, 0.1) is 11.6 Å². The minimum atomic E-state index is -4.47. The molecule has 1 fully saturated rings. The zero-order valence-electron chi connectivity index (χ0n) is 22.4. The number of nitrogens with one attached hydrogen (secondary N) is 1. The number of halogens is 5. The number of rotatable bonds is 7. The Morgan fingerprint density at radius 2 is 1.53 bits per heavy atom. The molecule has 2 N–H and O–H groups in total. The van der Waals surface area contributed by atoms with Crippen LogP contribution < -0.4 is 5.32 Å². The number of hydrogen-bond acceptors (Lipinski definition) is 2. The highest BCUT2D eigenvalue weighted by molar-refractivity contribution is 6.08. The fourth-order valence-corrected chi connectivity index (χ4v) is 5.32. The van der Waals surface area contributed by atoms with Crippen LogP contribution in [0.5, 0.6) is 0 Å². The third-order valence-electron chi connectivity index (χ3n) is 7.78. The van der Waals surface area contributed by atoms with Gasteiger partial charge in [0.2, 0.25) is 0 Å². The smallest absolute Gasteiger partial charge is 0.416 e. The number of carbonyl (C=O) groups excluding carboxylic acids is 1. The maximum absolute atomic E-state index is 14.1. The Bertz CT molecular complexity index is 1870. The summed E-state index contributed by atoms with van der Waals surface area (Å²) in [6.45, 7) is 0.175. The number of alkyl halides is 3. The van der Waals surface area contributed by atoms with Gasteiger partial charge >= 0.3 is 12.1 Å². The lowest BCUT2D eigenvalue weighted by molar-refractivity contribution is -0.137. The summed E-state index contributed by atoms with van der Waals surface area (Å²) in [5, 5.41) is 12.9. The summed E-state index contributed by atoms with van der Waals surface area (Å²) in [4.78, 5) is 25.2. The van der Waals surface area contributed by atoms with Crippen LogP contribution >= 0.6 is 0 Å². The van der Waals surface area contributed by atoms with E-state index in [4.69, 9.17) is 0 Å². The van der Waals surface area contributed by atoms with Gasteiger partial charge in [-0.05, 0) is 89.7 Å². The van der Waals surface area contributed by atoms with E-state index in [0.717, 1.165) is 29.8 Å². The molecule has 10 heteroatoms. The second-order valence-corrected chi connectivity index (χ2v) is 10.6. The second kappa shape index (κ2) is 10.4. The summed E-state index contributed by atoms with van der Waals surface area (Å²) < 4.78 is 68.7. The molecule has 0 unspecified atom stereocenters. The maximum atomic E-state index is 14.1. The molecule has 1 amide bonds. The van der Waals surface area contributed by atoms with Gasteiger partial charge in [-0.1, -0.05) is 30.3 Å². The first kappa shape index (κ1) is 28.1. The fourth-order valence-electron chi connectivity index (χ4n) is 5.32. The third-order valence-corrected chi connectivity index (χ3v) is 7.78. The van der Waals surface area contributed by atoms with Crippen molar-refractivity contribution in [2.24, 2.45) is 0 Å². The van der Waals surface area contributed by atoms with Crippen molar-refractivity contribution in [3.8, 4) is 11.1 Å². The summed E-state index contributed by atoms with van der Waals surface area (Å²) in [6, 6.07) is 19.6. The minimum absolute atomic E-state index is 0.118. The van der Waals surface area contributed by atoms with Crippen molar-refractivity contribution in [3.63, 3.8) is 0 Å². The van der Waals surface area contributed by atoms with Crippen LogP contribution in [-0.2, 0) is 18.3 Å². The molecule has 6 rings (SSSR count). The fraction of sp³-hybridized carbons (Fsp3) is 0.152. The lowest BCUT2D eigenvalue weighted by atomic mass is 9.98. The Kier molecular flexibility index (Phi) is 6.79. The topological polar surface area (TPSA) is 71.3 Å².